The molecule has 146 valence electrons. The second-order valence-electron chi connectivity index (χ2n) is 8.83. The van der Waals surface area contributed by atoms with Gasteiger partial charge in [0.25, 0.3) is 0 Å². The van der Waals surface area contributed by atoms with E-state index in [1.54, 1.807) is 5.56 Å². The second kappa shape index (κ2) is 10.1. The molecule has 0 aromatic heterocycles. The largest absolute Gasteiger partial charge is 0.0654 e. The lowest BCUT2D eigenvalue weighted by Crippen LogP contribution is -2.10. The Morgan fingerprint density at radius 2 is 1.33 bits per heavy atom. The molecular formula is C27H38. The van der Waals surface area contributed by atoms with Crippen molar-refractivity contribution < 1.29 is 0 Å². The van der Waals surface area contributed by atoms with E-state index in [9.17, 15) is 0 Å². The summed E-state index contributed by atoms with van der Waals surface area (Å²) in [6, 6.07) is 18.9. The topological polar surface area (TPSA) is 0 Å². The maximum atomic E-state index is 2.40. The average molecular weight is 363 g/mol. The summed E-state index contributed by atoms with van der Waals surface area (Å²) in [6.07, 6.45) is 12.1. The van der Waals surface area contributed by atoms with Crippen LogP contribution in [-0.2, 0) is 0 Å². The third-order valence-electron chi connectivity index (χ3n) is 6.66. The Labute approximate surface area is 167 Å². The van der Waals surface area contributed by atoms with Crippen molar-refractivity contribution in [1.29, 1.82) is 0 Å². The van der Waals surface area contributed by atoms with Crippen LogP contribution < -0.4 is 0 Å². The molecule has 0 N–H and O–H groups in total. The molecule has 0 aliphatic heterocycles. The molecule has 0 spiro atoms. The van der Waals surface area contributed by atoms with E-state index in [4.69, 9.17) is 0 Å². The molecular weight excluding hydrogens is 324 g/mol. The predicted molar refractivity (Wildman–Crippen MR) is 119 cm³/mol. The van der Waals surface area contributed by atoms with Gasteiger partial charge in [0.05, 0.1) is 0 Å². The van der Waals surface area contributed by atoms with Crippen LogP contribution in [0.25, 0.3) is 11.1 Å². The van der Waals surface area contributed by atoms with Crippen molar-refractivity contribution in [3.8, 4) is 11.1 Å². The number of rotatable bonds is 8. The van der Waals surface area contributed by atoms with Gasteiger partial charge in [-0.25, -0.2) is 0 Å². The zero-order chi connectivity index (χ0) is 19.1. The highest BCUT2D eigenvalue weighted by molar-refractivity contribution is 5.64. The Kier molecular flexibility index (Phi) is 7.56. The molecule has 2 aromatic rings. The van der Waals surface area contributed by atoms with Crippen LogP contribution in [0, 0.1) is 5.92 Å². The molecule has 2 aromatic carbocycles. The first-order valence-corrected chi connectivity index (χ1v) is 11.4. The van der Waals surface area contributed by atoms with Gasteiger partial charge in [-0.2, -0.15) is 0 Å². The van der Waals surface area contributed by atoms with Gasteiger partial charge in [-0.05, 0) is 65.7 Å². The second-order valence-corrected chi connectivity index (χ2v) is 8.83. The summed E-state index contributed by atoms with van der Waals surface area (Å²) < 4.78 is 0. The van der Waals surface area contributed by atoms with Crippen molar-refractivity contribution in [2.45, 2.75) is 90.4 Å². The Morgan fingerprint density at radius 1 is 0.741 bits per heavy atom. The van der Waals surface area contributed by atoms with Crippen LogP contribution in [0.3, 0.4) is 0 Å². The fourth-order valence-electron chi connectivity index (χ4n) is 4.77. The van der Waals surface area contributed by atoms with Crippen LogP contribution in [0.4, 0.5) is 0 Å². The number of hydrogen-bond donors (Lipinski definition) is 0. The molecule has 0 radical (unpaired) electrons. The summed E-state index contributed by atoms with van der Waals surface area (Å²) in [6.45, 7) is 7.00. The number of unbranched alkanes of at least 4 members (excludes halogenated alkanes) is 1. The summed E-state index contributed by atoms with van der Waals surface area (Å²) in [7, 11) is 0. The molecule has 0 heteroatoms. The highest BCUT2D eigenvalue weighted by Gasteiger charge is 2.19. The van der Waals surface area contributed by atoms with Crippen molar-refractivity contribution in [3.05, 3.63) is 59.7 Å². The Hall–Kier alpha value is -1.56. The van der Waals surface area contributed by atoms with Gasteiger partial charge in [-0.15, -0.1) is 0 Å². The minimum Gasteiger partial charge on any atom is -0.0654 e. The van der Waals surface area contributed by atoms with Crippen molar-refractivity contribution in [2.24, 2.45) is 5.92 Å². The minimum atomic E-state index is 0.736. The van der Waals surface area contributed by atoms with E-state index in [0.717, 1.165) is 17.8 Å². The maximum Gasteiger partial charge on any atom is -0.0162 e. The third kappa shape index (κ3) is 5.47. The smallest absolute Gasteiger partial charge is 0.0162 e. The Bertz CT molecular complexity index is 656. The van der Waals surface area contributed by atoms with Crippen LogP contribution in [0.1, 0.15) is 102 Å². The van der Waals surface area contributed by atoms with E-state index in [2.05, 4.69) is 69.3 Å². The van der Waals surface area contributed by atoms with Gasteiger partial charge in [0.2, 0.25) is 0 Å². The highest BCUT2D eigenvalue weighted by atomic mass is 14.2. The van der Waals surface area contributed by atoms with E-state index in [1.165, 1.54) is 74.5 Å². The normalized spacial score (nSPS) is 21.1. The summed E-state index contributed by atoms with van der Waals surface area (Å²) in [5, 5.41) is 0. The van der Waals surface area contributed by atoms with Gasteiger partial charge in [0.1, 0.15) is 0 Å². The Balaban J connectivity index is 1.67. The lowest BCUT2D eigenvalue weighted by Gasteiger charge is -2.26. The van der Waals surface area contributed by atoms with E-state index < -0.39 is 0 Å². The predicted octanol–water partition coefficient (Wildman–Crippen LogP) is 8.72. The molecule has 1 atom stereocenters. The molecule has 1 saturated carbocycles. The summed E-state index contributed by atoms with van der Waals surface area (Å²) in [5.74, 6) is 2.44. The van der Waals surface area contributed by atoms with Crippen molar-refractivity contribution in [2.75, 3.05) is 0 Å². The molecule has 0 saturated heterocycles. The summed E-state index contributed by atoms with van der Waals surface area (Å²) in [5.41, 5.74) is 5.79. The van der Waals surface area contributed by atoms with E-state index in [0.29, 0.717) is 0 Å². The highest BCUT2D eigenvalue weighted by Crippen LogP contribution is 2.36. The van der Waals surface area contributed by atoms with Gasteiger partial charge in [0.15, 0.2) is 0 Å². The molecule has 1 aliphatic rings. The lowest BCUT2D eigenvalue weighted by molar-refractivity contribution is 0.348. The lowest BCUT2D eigenvalue weighted by atomic mass is 9.79. The summed E-state index contributed by atoms with van der Waals surface area (Å²) >= 11 is 0. The molecule has 0 nitrogen and oxygen atoms in total. The number of benzene rings is 2. The third-order valence-corrected chi connectivity index (χ3v) is 6.66. The van der Waals surface area contributed by atoms with Crippen molar-refractivity contribution in [3.63, 3.8) is 0 Å². The maximum absolute atomic E-state index is 2.40. The quantitative estimate of drug-likeness (QED) is 0.440. The molecule has 0 heterocycles. The van der Waals surface area contributed by atoms with Gasteiger partial charge in [0, 0.05) is 0 Å². The van der Waals surface area contributed by atoms with Gasteiger partial charge < -0.3 is 0 Å². The minimum absolute atomic E-state index is 0.736. The van der Waals surface area contributed by atoms with Gasteiger partial charge in [-0.1, -0.05) is 101 Å². The molecule has 27 heavy (non-hydrogen) atoms. The van der Waals surface area contributed by atoms with Crippen LogP contribution in [0.2, 0.25) is 0 Å². The fraction of sp³-hybridized carbons (Fsp3) is 0.556. The first-order chi connectivity index (χ1) is 13.2. The molecule has 1 fully saturated rings. The van der Waals surface area contributed by atoms with E-state index in [-0.39, 0.29) is 0 Å². The van der Waals surface area contributed by atoms with Gasteiger partial charge >= 0.3 is 0 Å². The zero-order valence-electron chi connectivity index (χ0n) is 17.7. The first kappa shape index (κ1) is 20.2. The SMILES string of the molecule is CCCCC(CCC)c1ccc(-c2ccc(C3CCC(C)CC3)cc2)cc1. The molecule has 0 bridgehead atoms. The number of hydrogen-bond acceptors (Lipinski definition) is 0. The summed E-state index contributed by atoms with van der Waals surface area (Å²) in [4.78, 5) is 0. The molecule has 0 amide bonds. The standard InChI is InChI=1S/C27H38/c1-4-6-8-22(7-5-2)24-13-15-26(16-14-24)27-19-17-25(18-20-27)23-11-9-21(3)10-12-23/h13-23H,4-12H2,1-3H3. The van der Waals surface area contributed by atoms with Crippen LogP contribution >= 0.6 is 0 Å². The fourth-order valence-corrected chi connectivity index (χ4v) is 4.77. The van der Waals surface area contributed by atoms with Crippen molar-refractivity contribution in [1.82, 2.24) is 0 Å². The van der Waals surface area contributed by atoms with Crippen molar-refractivity contribution >= 4 is 0 Å². The van der Waals surface area contributed by atoms with Gasteiger partial charge in [-0.3, -0.25) is 0 Å². The van der Waals surface area contributed by atoms with Crippen LogP contribution in [-0.4, -0.2) is 0 Å². The molecule has 3 rings (SSSR count). The zero-order valence-corrected chi connectivity index (χ0v) is 17.7. The van der Waals surface area contributed by atoms with Crippen LogP contribution in [0.5, 0.6) is 0 Å². The average Bonchev–Trinajstić information content (AvgIpc) is 2.72. The first-order valence-electron chi connectivity index (χ1n) is 11.4. The molecule has 1 unspecified atom stereocenters. The Morgan fingerprint density at radius 3 is 1.89 bits per heavy atom. The monoisotopic (exact) mass is 362 g/mol. The van der Waals surface area contributed by atoms with E-state index in [1.807, 2.05) is 0 Å². The van der Waals surface area contributed by atoms with E-state index >= 15 is 0 Å². The van der Waals surface area contributed by atoms with Crippen LogP contribution in [0.15, 0.2) is 48.5 Å². The molecule has 1 aliphatic carbocycles.